The van der Waals surface area contributed by atoms with Crippen molar-refractivity contribution in [3.05, 3.63) is 88.2 Å². The molecule has 2 amide bonds. The second-order valence-corrected chi connectivity index (χ2v) is 16.2. The Morgan fingerprint density at radius 3 is 2.70 bits per heavy atom. The first-order valence-electron chi connectivity index (χ1n) is 20.4. The molecule has 0 radical (unpaired) electrons. The predicted octanol–water partition coefficient (Wildman–Crippen LogP) is 4.79. The normalized spacial score (nSPS) is 22.3. The molecule has 14 heteroatoms. The number of carbonyl (C=O) groups excluding carboxylic acids is 2. The predicted molar refractivity (Wildman–Crippen MR) is 219 cm³/mol. The van der Waals surface area contributed by atoms with Gasteiger partial charge in [0.25, 0.3) is 11.5 Å². The van der Waals surface area contributed by atoms with Gasteiger partial charge in [0.05, 0.1) is 23.7 Å². The molecule has 2 aliphatic carbocycles. The van der Waals surface area contributed by atoms with Crippen LogP contribution in [0.3, 0.4) is 0 Å². The summed E-state index contributed by atoms with van der Waals surface area (Å²) in [5.41, 5.74) is 6.46. The Morgan fingerprint density at radius 2 is 1.91 bits per heavy atom. The van der Waals surface area contributed by atoms with E-state index in [1.165, 1.54) is 41.2 Å². The third-order valence-corrected chi connectivity index (χ3v) is 12.9. The fraction of sp³-hybridized carbons (Fsp3) is 0.465. The molecule has 4 aromatic rings. The number of hydrogen-bond acceptors (Lipinski definition) is 10. The molecule has 298 valence electrons. The molecule has 1 saturated carbocycles. The van der Waals surface area contributed by atoms with Gasteiger partial charge < -0.3 is 34.5 Å². The fourth-order valence-corrected chi connectivity index (χ4v) is 10.1. The summed E-state index contributed by atoms with van der Waals surface area (Å²) in [5.74, 6) is 1.24. The van der Waals surface area contributed by atoms with E-state index in [1.54, 1.807) is 30.4 Å². The highest BCUT2D eigenvalue weighted by atomic mass is 16.5. The number of anilines is 5. The van der Waals surface area contributed by atoms with E-state index in [1.807, 2.05) is 18.2 Å². The van der Waals surface area contributed by atoms with Gasteiger partial charge in [-0.05, 0) is 92.8 Å². The number of nitrogens with one attached hydrogen (secondary N) is 2. The molecule has 3 atom stereocenters. The number of piperazine rings is 1. The summed E-state index contributed by atoms with van der Waals surface area (Å²) >= 11 is 0. The summed E-state index contributed by atoms with van der Waals surface area (Å²) in [7, 11) is 1.65. The number of ether oxygens (including phenoxy) is 1. The van der Waals surface area contributed by atoms with Crippen molar-refractivity contribution in [1.82, 2.24) is 24.0 Å². The zero-order valence-electron chi connectivity index (χ0n) is 32.7. The van der Waals surface area contributed by atoms with Crippen LogP contribution >= 0.6 is 0 Å². The van der Waals surface area contributed by atoms with Gasteiger partial charge in [0, 0.05) is 100.0 Å². The van der Waals surface area contributed by atoms with Crippen molar-refractivity contribution < 1.29 is 19.4 Å². The summed E-state index contributed by atoms with van der Waals surface area (Å²) in [5, 5.41) is 17.0. The lowest BCUT2D eigenvalue weighted by atomic mass is 9.96. The van der Waals surface area contributed by atoms with Crippen LogP contribution in [0.2, 0.25) is 0 Å². The summed E-state index contributed by atoms with van der Waals surface area (Å²) < 4.78 is 9.24. The number of benzene rings is 1. The number of rotatable bonds is 9. The highest BCUT2D eigenvalue weighted by Crippen LogP contribution is 2.50. The van der Waals surface area contributed by atoms with Crippen LogP contribution in [0.5, 0.6) is 0 Å². The number of aromatic nitrogens is 4. The van der Waals surface area contributed by atoms with Crippen LogP contribution in [0.15, 0.2) is 60.2 Å². The maximum Gasteiger partial charge on any atom is 0.293 e. The molecule has 3 aromatic heterocycles. The highest BCUT2D eigenvalue weighted by molar-refractivity contribution is 6.06. The SMILES string of the molecule is C=CC(=O)Nc1cc(Nc2nc(-c3ccnc(N4CCn5c(cc6c5CC5CCCC65)C4=O)c3CO)cn(C)c2=O)ccc1N1CCN(C2CCOCC2)C[C@@H]1C. The molecule has 5 aliphatic rings. The van der Waals surface area contributed by atoms with Gasteiger partial charge in [-0.2, -0.15) is 0 Å². The number of aliphatic hydroxyl groups is 1. The van der Waals surface area contributed by atoms with Crippen LogP contribution in [-0.2, 0) is 36.2 Å². The molecule has 6 heterocycles. The minimum Gasteiger partial charge on any atom is -0.392 e. The standard InChI is InChI=1S/C43H51N9O5/c1-4-39(54)46-34-21-28(8-9-36(34)50-15-14-49(23-26(50)2)29-11-18-57-19-12-29)45-40-43(56)48(3)24-35(47-40)31-10-13-44-41(33(31)25-53)52-17-16-51-37-20-27-6-5-7-30(27)32(37)22-38(51)42(52)55/h4,8-10,13,21-22,24,26-27,29-30,53H,1,5-7,11-12,14-20,23,25H2,2-3H3,(H,45,47)(H,46,54)/t26-,27?,30?/m0/s1. The zero-order chi connectivity index (χ0) is 39.4. The van der Waals surface area contributed by atoms with Crippen molar-refractivity contribution >= 4 is 40.5 Å². The van der Waals surface area contributed by atoms with Crippen molar-refractivity contribution in [2.75, 3.05) is 59.8 Å². The molecule has 2 saturated heterocycles. The molecular weight excluding hydrogens is 723 g/mol. The summed E-state index contributed by atoms with van der Waals surface area (Å²) in [6.45, 7) is 10.8. The molecule has 0 spiro atoms. The van der Waals surface area contributed by atoms with E-state index in [0.29, 0.717) is 70.7 Å². The molecule has 2 unspecified atom stereocenters. The monoisotopic (exact) mass is 773 g/mol. The van der Waals surface area contributed by atoms with Crippen molar-refractivity contribution in [3.8, 4) is 11.3 Å². The minimum absolute atomic E-state index is 0.0658. The number of pyridine rings is 1. The average Bonchev–Trinajstić information content (AvgIpc) is 3.93. The lowest BCUT2D eigenvalue weighted by molar-refractivity contribution is -0.111. The summed E-state index contributed by atoms with van der Waals surface area (Å²) in [4.78, 5) is 56.3. The molecule has 3 N–H and O–H groups in total. The van der Waals surface area contributed by atoms with Gasteiger partial charge in [-0.15, -0.1) is 0 Å². The number of carbonyl (C=O) groups is 2. The van der Waals surface area contributed by atoms with Crippen molar-refractivity contribution in [1.29, 1.82) is 0 Å². The molecular formula is C43H51N9O5. The van der Waals surface area contributed by atoms with Gasteiger partial charge in [-0.25, -0.2) is 9.97 Å². The Hall–Kier alpha value is -5.31. The van der Waals surface area contributed by atoms with E-state index in [2.05, 4.69) is 49.6 Å². The highest BCUT2D eigenvalue weighted by Gasteiger charge is 2.42. The first kappa shape index (κ1) is 37.3. The van der Waals surface area contributed by atoms with Crippen LogP contribution in [0, 0.1) is 5.92 Å². The third-order valence-electron chi connectivity index (χ3n) is 12.9. The average molecular weight is 774 g/mol. The van der Waals surface area contributed by atoms with Crippen LogP contribution < -0.4 is 26.0 Å². The Bertz CT molecular complexity index is 2290. The zero-order valence-corrected chi connectivity index (χ0v) is 32.7. The van der Waals surface area contributed by atoms with Gasteiger partial charge in [-0.3, -0.25) is 24.2 Å². The lowest BCUT2D eigenvalue weighted by Crippen LogP contribution is -2.56. The summed E-state index contributed by atoms with van der Waals surface area (Å²) in [6, 6.07) is 10.2. The topological polar surface area (TPSA) is 150 Å². The van der Waals surface area contributed by atoms with Crippen LogP contribution in [0.1, 0.15) is 72.3 Å². The van der Waals surface area contributed by atoms with Crippen LogP contribution in [-0.4, -0.2) is 92.4 Å². The van der Waals surface area contributed by atoms with Gasteiger partial charge in [0.1, 0.15) is 11.5 Å². The number of amides is 2. The maximum absolute atomic E-state index is 14.1. The molecule has 57 heavy (non-hydrogen) atoms. The Balaban J connectivity index is 0.990. The molecule has 3 fully saturated rings. The van der Waals surface area contributed by atoms with E-state index in [0.717, 1.165) is 57.8 Å². The first-order chi connectivity index (χ1) is 27.7. The van der Waals surface area contributed by atoms with E-state index in [4.69, 9.17) is 9.72 Å². The molecule has 0 bridgehead atoms. The van der Waals surface area contributed by atoms with E-state index < -0.39 is 0 Å². The smallest absolute Gasteiger partial charge is 0.293 e. The Morgan fingerprint density at radius 1 is 1.07 bits per heavy atom. The van der Waals surface area contributed by atoms with E-state index in [9.17, 15) is 19.5 Å². The first-order valence-corrected chi connectivity index (χ1v) is 20.4. The van der Waals surface area contributed by atoms with Crippen molar-refractivity contribution in [2.24, 2.45) is 13.0 Å². The van der Waals surface area contributed by atoms with Gasteiger partial charge in [-0.1, -0.05) is 13.0 Å². The lowest BCUT2D eigenvalue weighted by Gasteiger charge is -2.45. The molecule has 1 aromatic carbocycles. The van der Waals surface area contributed by atoms with Crippen molar-refractivity contribution in [2.45, 2.75) is 76.6 Å². The van der Waals surface area contributed by atoms with Gasteiger partial charge in [0.15, 0.2) is 5.82 Å². The fourth-order valence-electron chi connectivity index (χ4n) is 10.1. The molecule has 3 aliphatic heterocycles. The summed E-state index contributed by atoms with van der Waals surface area (Å²) in [6.07, 6.45) is 11.3. The number of aliphatic hydroxyl groups excluding tert-OH is 1. The van der Waals surface area contributed by atoms with Crippen LogP contribution in [0.25, 0.3) is 11.3 Å². The number of hydrogen-bond donors (Lipinski definition) is 3. The number of fused-ring (bicyclic) bond motifs is 5. The van der Waals surface area contributed by atoms with Crippen LogP contribution in [0.4, 0.5) is 28.7 Å². The second kappa shape index (κ2) is 15.2. The Labute approximate surface area is 332 Å². The quantitative estimate of drug-likeness (QED) is 0.203. The third kappa shape index (κ3) is 6.72. The molecule has 14 nitrogen and oxygen atoms in total. The van der Waals surface area contributed by atoms with E-state index >= 15 is 0 Å². The largest absolute Gasteiger partial charge is 0.392 e. The van der Waals surface area contributed by atoms with Gasteiger partial charge in [0.2, 0.25) is 5.91 Å². The maximum atomic E-state index is 14.1. The minimum atomic E-state index is -0.383. The second-order valence-electron chi connectivity index (χ2n) is 16.2. The Kier molecular flexibility index (Phi) is 9.95. The van der Waals surface area contributed by atoms with Gasteiger partial charge >= 0.3 is 0 Å². The number of aryl methyl sites for hydroxylation is 1. The number of nitrogens with zero attached hydrogens (tertiary/aromatic N) is 7. The molecule has 9 rings (SSSR count). The van der Waals surface area contributed by atoms with E-state index in [-0.39, 0.29) is 35.8 Å². The van der Waals surface area contributed by atoms with Crippen molar-refractivity contribution in [3.63, 3.8) is 0 Å².